The first-order valence-corrected chi connectivity index (χ1v) is 13.4. The van der Waals surface area contributed by atoms with Crippen molar-refractivity contribution in [1.29, 1.82) is 0 Å². The van der Waals surface area contributed by atoms with Crippen LogP contribution in [0, 0.1) is 6.92 Å². The Hall–Kier alpha value is -3.10. The van der Waals surface area contributed by atoms with Gasteiger partial charge in [-0.25, -0.2) is 0 Å². The highest BCUT2D eigenvalue weighted by molar-refractivity contribution is 7.80. The molecule has 0 radical (unpaired) electrons. The van der Waals surface area contributed by atoms with Gasteiger partial charge in [-0.2, -0.15) is 0 Å². The highest BCUT2D eigenvalue weighted by Gasteiger charge is 2.15. The molecule has 0 fully saturated rings. The van der Waals surface area contributed by atoms with E-state index in [-0.39, 0.29) is 5.56 Å². The molecule has 3 aromatic rings. The van der Waals surface area contributed by atoms with Crippen LogP contribution >= 0.6 is 12.2 Å². The van der Waals surface area contributed by atoms with Crippen LogP contribution in [0.1, 0.15) is 37.0 Å². The van der Waals surface area contributed by atoms with Crippen molar-refractivity contribution in [2.45, 2.75) is 40.2 Å². The van der Waals surface area contributed by atoms with E-state index in [4.69, 9.17) is 21.7 Å². The standard InChI is InChI=1S/C29H40N4O3S/c1-6-32(7-2)15-10-14-30-29(37)33(16-13-22-12-9-8-11-21(22)3)20-24-17-23-18-26(35-4)27(36-5)19-25(23)31-28(24)34/h8-9,11-12,17-19H,6-7,10,13-16,20H2,1-5H3,(H,30,37)(H,31,34). The Kier molecular flexibility index (Phi) is 10.8. The molecular weight excluding hydrogens is 484 g/mol. The monoisotopic (exact) mass is 524 g/mol. The first-order valence-electron chi connectivity index (χ1n) is 13.0. The van der Waals surface area contributed by atoms with Crippen LogP contribution in [0.4, 0.5) is 0 Å². The molecule has 7 nitrogen and oxygen atoms in total. The van der Waals surface area contributed by atoms with Crippen molar-refractivity contribution in [3.8, 4) is 11.5 Å². The molecule has 0 saturated carbocycles. The molecule has 0 unspecified atom stereocenters. The number of fused-ring (bicyclic) bond motifs is 1. The second-order valence-electron chi connectivity index (χ2n) is 9.13. The average Bonchev–Trinajstić information content (AvgIpc) is 2.91. The number of aryl methyl sites for hydroxylation is 1. The summed E-state index contributed by atoms with van der Waals surface area (Å²) in [5.74, 6) is 1.20. The maximum Gasteiger partial charge on any atom is 0.253 e. The summed E-state index contributed by atoms with van der Waals surface area (Å²) in [6.45, 7) is 11.5. The van der Waals surface area contributed by atoms with Crippen LogP contribution in [-0.2, 0) is 13.0 Å². The number of hydrogen-bond acceptors (Lipinski definition) is 5. The molecule has 8 heteroatoms. The van der Waals surface area contributed by atoms with Crippen LogP contribution in [0.2, 0.25) is 0 Å². The number of nitrogens with one attached hydrogen (secondary N) is 2. The third kappa shape index (κ3) is 7.69. The topological polar surface area (TPSA) is 69.8 Å². The van der Waals surface area contributed by atoms with Gasteiger partial charge in [0.15, 0.2) is 16.6 Å². The highest BCUT2D eigenvalue weighted by atomic mass is 32.1. The molecule has 0 saturated heterocycles. The van der Waals surface area contributed by atoms with E-state index in [9.17, 15) is 4.79 Å². The van der Waals surface area contributed by atoms with Gasteiger partial charge in [-0.3, -0.25) is 4.79 Å². The zero-order valence-corrected chi connectivity index (χ0v) is 23.5. The zero-order valence-electron chi connectivity index (χ0n) is 22.7. The smallest absolute Gasteiger partial charge is 0.253 e. The van der Waals surface area contributed by atoms with Crippen LogP contribution in [0.25, 0.3) is 10.9 Å². The number of methoxy groups -OCH3 is 2. The second-order valence-corrected chi connectivity index (χ2v) is 9.52. The summed E-state index contributed by atoms with van der Waals surface area (Å²) >= 11 is 5.82. The van der Waals surface area contributed by atoms with E-state index in [1.807, 2.05) is 12.1 Å². The van der Waals surface area contributed by atoms with E-state index in [0.717, 1.165) is 44.4 Å². The minimum atomic E-state index is -0.134. The number of aromatic amines is 1. The number of hydrogen-bond donors (Lipinski definition) is 2. The molecule has 0 aliphatic rings. The zero-order chi connectivity index (χ0) is 26.8. The first kappa shape index (κ1) is 28.5. The highest BCUT2D eigenvalue weighted by Crippen LogP contribution is 2.31. The van der Waals surface area contributed by atoms with Gasteiger partial charge in [0.1, 0.15) is 0 Å². The fourth-order valence-electron chi connectivity index (χ4n) is 4.45. The lowest BCUT2D eigenvalue weighted by molar-refractivity contribution is 0.299. The molecule has 0 amide bonds. The van der Waals surface area contributed by atoms with Gasteiger partial charge in [0.2, 0.25) is 0 Å². The molecule has 2 N–H and O–H groups in total. The van der Waals surface area contributed by atoms with Gasteiger partial charge in [0, 0.05) is 30.1 Å². The SMILES string of the molecule is CCN(CC)CCCNC(=S)N(CCc1ccccc1C)Cc1cc2cc(OC)c(OC)cc2[nH]c1=O. The summed E-state index contributed by atoms with van der Waals surface area (Å²) in [5.41, 5.74) is 3.75. The third-order valence-electron chi connectivity index (χ3n) is 6.81. The van der Waals surface area contributed by atoms with E-state index in [2.05, 4.69) is 65.1 Å². The van der Waals surface area contributed by atoms with Gasteiger partial charge in [-0.15, -0.1) is 0 Å². The van der Waals surface area contributed by atoms with Crippen molar-refractivity contribution < 1.29 is 9.47 Å². The lowest BCUT2D eigenvalue weighted by Gasteiger charge is -2.27. The molecule has 1 heterocycles. The van der Waals surface area contributed by atoms with Crippen molar-refractivity contribution in [3.63, 3.8) is 0 Å². The Morgan fingerprint density at radius 2 is 1.70 bits per heavy atom. The predicted molar refractivity (Wildman–Crippen MR) is 156 cm³/mol. The fourth-order valence-corrected chi connectivity index (χ4v) is 4.71. The molecule has 200 valence electrons. The largest absolute Gasteiger partial charge is 0.493 e. The molecule has 0 aliphatic heterocycles. The van der Waals surface area contributed by atoms with Gasteiger partial charge in [-0.1, -0.05) is 38.1 Å². The van der Waals surface area contributed by atoms with Crippen LogP contribution in [0.5, 0.6) is 11.5 Å². The summed E-state index contributed by atoms with van der Waals surface area (Å²) in [7, 11) is 3.19. The third-order valence-corrected chi connectivity index (χ3v) is 7.21. The van der Waals surface area contributed by atoms with Crippen molar-refractivity contribution in [2.24, 2.45) is 0 Å². The lowest BCUT2D eigenvalue weighted by Crippen LogP contribution is -2.42. The van der Waals surface area contributed by atoms with E-state index in [1.165, 1.54) is 11.1 Å². The Bertz CT molecular complexity index is 1240. The summed E-state index contributed by atoms with van der Waals surface area (Å²) < 4.78 is 10.8. The number of nitrogens with zero attached hydrogens (tertiary/aromatic N) is 2. The Balaban J connectivity index is 1.80. The molecule has 0 aliphatic carbocycles. The van der Waals surface area contributed by atoms with Gasteiger partial charge in [0.25, 0.3) is 5.56 Å². The maximum absolute atomic E-state index is 13.1. The number of rotatable bonds is 13. The Morgan fingerprint density at radius 3 is 2.38 bits per heavy atom. The minimum Gasteiger partial charge on any atom is -0.493 e. The summed E-state index contributed by atoms with van der Waals surface area (Å²) in [6.07, 6.45) is 1.84. The number of pyridine rings is 1. The average molecular weight is 525 g/mol. The second kappa shape index (κ2) is 14.0. The quantitative estimate of drug-likeness (QED) is 0.252. The van der Waals surface area contributed by atoms with Crippen LogP contribution in [-0.4, -0.2) is 66.8 Å². The minimum absolute atomic E-state index is 0.134. The number of H-pyrrole nitrogens is 1. The van der Waals surface area contributed by atoms with Crippen LogP contribution < -0.4 is 20.3 Å². The number of aromatic nitrogens is 1. The molecule has 2 aromatic carbocycles. The summed E-state index contributed by atoms with van der Waals surface area (Å²) in [4.78, 5) is 20.5. The van der Waals surface area contributed by atoms with Crippen LogP contribution in [0.15, 0.2) is 47.3 Å². The van der Waals surface area contributed by atoms with E-state index >= 15 is 0 Å². The predicted octanol–water partition coefficient (Wildman–Crippen LogP) is 4.50. The van der Waals surface area contributed by atoms with E-state index in [0.29, 0.717) is 40.8 Å². The molecule has 37 heavy (non-hydrogen) atoms. The fraction of sp³-hybridized carbons (Fsp3) is 0.448. The Labute approximate surface area is 225 Å². The van der Waals surface area contributed by atoms with Gasteiger partial charge in [0.05, 0.1) is 26.3 Å². The molecule has 0 atom stereocenters. The molecule has 0 spiro atoms. The van der Waals surface area contributed by atoms with Crippen molar-refractivity contribution >= 4 is 28.2 Å². The van der Waals surface area contributed by atoms with Crippen LogP contribution in [0.3, 0.4) is 0 Å². The Morgan fingerprint density at radius 1 is 1.00 bits per heavy atom. The molecule has 1 aromatic heterocycles. The van der Waals surface area contributed by atoms with Crippen molar-refractivity contribution in [1.82, 2.24) is 20.1 Å². The van der Waals surface area contributed by atoms with E-state index in [1.54, 1.807) is 20.3 Å². The van der Waals surface area contributed by atoms with Crippen molar-refractivity contribution in [2.75, 3.05) is 46.9 Å². The molecule has 0 bridgehead atoms. The summed E-state index contributed by atoms with van der Waals surface area (Å²) in [6, 6.07) is 14.0. The first-order chi connectivity index (χ1) is 17.9. The summed E-state index contributed by atoms with van der Waals surface area (Å²) in [5, 5.41) is 4.97. The van der Waals surface area contributed by atoms with Gasteiger partial charge >= 0.3 is 0 Å². The molecular formula is C29H40N4O3S. The normalized spacial score (nSPS) is 11.1. The number of ether oxygens (including phenoxy) is 2. The molecule has 3 rings (SSSR count). The van der Waals surface area contributed by atoms with Gasteiger partial charge < -0.3 is 29.6 Å². The number of thiocarbonyl (C=S) groups is 1. The van der Waals surface area contributed by atoms with Gasteiger partial charge in [-0.05, 0) is 74.9 Å². The number of benzene rings is 2. The van der Waals surface area contributed by atoms with E-state index < -0.39 is 0 Å². The van der Waals surface area contributed by atoms with Crippen molar-refractivity contribution in [3.05, 3.63) is 69.5 Å². The maximum atomic E-state index is 13.1. The lowest BCUT2D eigenvalue weighted by atomic mass is 10.1.